The Hall–Kier alpha value is -3.42. The second kappa shape index (κ2) is 9.39. The van der Waals surface area contributed by atoms with Crippen molar-refractivity contribution in [1.82, 2.24) is 10.2 Å². The largest absolute Gasteiger partial charge is 0.463 e. The minimum Gasteiger partial charge on any atom is -0.463 e. The first-order valence-electron chi connectivity index (χ1n) is 9.90. The predicted octanol–water partition coefficient (Wildman–Crippen LogP) is 3.75. The van der Waals surface area contributed by atoms with E-state index in [0.29, 0.717) is 13.1 Å². The molecule has 0 spiro atoms. The number of carbonyl (C=O) groups excluding carboxylic acids is 2. The number of hydrogen-bond donors (Lipinski definition) is 1. The molecule has 3 rings (SSSR count). The quantitative estimate of drug-likeness (QED) is 0.443. The maximum absolute atomic E-state index is 13.0. The Morgan fingerprint density at radius 3 is 2.50 bits per heavy atom. The van der Waals surface area contributed by atoms with E-state index in [1.54, 1.807) is 36.9 Å². The molecule has 1 atom stereocenters. The molecule has 0 saturated carbocycles. The van der Waals surface area contributed by atoms with Gasteiger partial charge in [0.05, 0.1) is 29.1 Å². The number of nitro benzene ring substituents is 1. The lowest BCUT2D eigenvalue weighted by molar-refractivity contribution is -0.385. The summed E-state index contributed by atoms with van der Waals surface area (Å²) in [6, 6.07) is 12.8. The zero-order valence-corrected chi connectivity index (χ0v) is 17.0. The Bertz CT molecular complexity index is 944. The number of para-hydroxylation sites is 1. The third-order valence-corrected chi connectivity index (χ3v) is 4.96. The van der Waals surface area contributed by atoms with Gasteiger partial charge in [0.25, 0.3) is 5.69 Å². The molecule has 0 fully saturated rings. The lowest BCUT2D eigenvalue weighted by Gasteiger charge is -2.30. The van der Waals surface area contributed by atoms with Gasteiger partial charge in [0.2, 0.25) is 0 Å². The summed E-state index contributed by atoms with van der Waals surface area (Å²) in [7, 11) is 0. The monoisotopic (exact) mass is 411 g/mol. The Morgan fingerprint density at radius 2 is 1.80 bits per heavy atom. The molecule has 1 heterocycles. The Balaban J connectivity index is 1.81. The Kier molecular flexibility index (Phi) is 6.66. The van der Waals surface area contributed by atoms with Crippen LogP contribution < -0.4 is 5.32 Å². The molecule has 1 aliphatic rings. The van der Waals surface area contributed by atoms with E-state index in [9.17, 15) is 19.7 Å². The first-order valence-corrected chi connectivity index (χ1v) is 9.90. The number of ether oxygens (including phenoxy) is 1. The Labute approximate surface area is 175 Å². The fraction of sp³-hybridized carbons (Fsp3) is 0.364. The highest BCUT2D eigenvalue weighted by atomic mass is 16.6. The summed E-state index contributed by atoms with van der Waals surface area (Å²) in [6.07, 6.45) is 0.215. The second-order valence-electron chi connectivity index (χ2n) is 7.50. The molecular formula is C22H25N3O5. The molecule has 30 heavy (non-hydrogen) atoms. The van der Waals surface area contributed by atoms with Gasteiger partial charge in [-0.3, -0.25) is 14.9 Å². The fourth-order valence-corrected chi connectivity index (χ4v) is 3.57. The fourth-order valence-electron chi connectivity index (χ4n) is 3.57. The van der Waals surface area contributed by atoms with Crippen molar-refractivity contribution in [1.29, 1.82) is 0 Å². The number of fused-ring (bicyclic) bond motifs is 1. The Morgan fingerprint density at radius 1 is 1.13 bits per heavy atom. The first kappa shape index (κ1) is 21.3. The van der Waals surface area contributed by atoms with Crippen LogP contribution in [0, 0.1) is 10.1 Å². The van der Waals surface area contributed by atoms with E-state index in [1.165, 1.54) is 11.6 Å². The summed E-state index contributed by atoms with van der Waals surface area (Å²) in [5, 5.41) is 14.3. The zero-order chi connectivity index (χ0) is 21.7. The van der Waals surface area contributed by atoms with Crippen LogP contribution in [0.25, 0.3) is 0 Å². The summed E-state index contributed by atoms with van der Waals surface area (Å²) in [5.41, 5.74) is 2.40. The summed E-state index contributed by atoms with van der Waals surface area (Å²) < 4.78 is 5.20. The topological polar surface area (TPSA) is 102 Å². The molecule has 2 aromatic carbocycles. The van der Waals surface area contributed by atoms with E-state index in [4.69, 9.17) is 4.74 Å². The van der Waals surface area contributed by atoms with E-state index in [1.807, 2.05) is 24.3 Å². The number of nitrogens with one attached hydrogen (secondary N) is 1. The van der Waals surface area contributed by atoms with Gasteiger partial charge in [-0.2, -0.15) is 0 Å². The number of nitrogens with zero attached hydrogens (tertiary/aromatic N) is 2. The highest BCUT2D eigenvalue weighted by Crippen LogP contribution is 2.28. The minimum atomic E-state index is -0.873. The first-order chi connectivity index (χ1) is 14.3. The third kappa shape index (κ3) is 5.14. The van der Waals surface area contributed by atoms with Crippen molar-refractivity contribution < 1.29 is 19.2 Å². The SMILES string of the molecule is CC(C)OC(=O)C[C@@H](NC(=O)N1CCc2ccccc2C1)c1ccccc1[N+](=O)[O-]. The molecule has 8 heteroatoms. The maximum Gasteiger partial charge on any atom is 0.318 e. The molecule has 158 valence electrons. The molecule has 2 amide bonds. The number of hydrogen-bond acceptors (Lipinski definition) is 5. The van der Waals surface area contributed by atoms with Crippen LogP contribution in [-0.2, 0) is 22.5 Å². The van der Waals surface area contributed by atoms with Crippen molar-refractivity contribution in [3.8, 4) is 0 Å². The van der Waals surface area contributed by atoms with Crippen LogP contribution in [0.2, 0.25) is 0 Å². The molecule has 1 N–H and O–H groups in total. The molecular weight excluding hydrogens is 386 g/mol. The van der Waals surface area contributed by atoms with Crippen LogP contribution in [0.4, 0.5) is 10.5 Å². The number of nitro groups is 1. The molecule has 8 nitrogen and oxygen atoms in total. The van der Waals surface area contributed by atoms with Crippen LogP contribution in [0.1, 0.15) is 43.0 Å². The minimum absolute atomic E-state index is 0.149. The third-order valence-electron chi connectivity index (χ3n) is 4.96. The summed E-state index contributed by atoms with van der Waals surface area (Å²) in [4.78, 5) is 37.9. The van der Waals surface area contributed by atoms with Gasteiger partial charge in [0.15, 0.2) is 0 Å². The molecule has 0 aromatic heterocycles. The lowest BCUT2D eigenvalue weighted by atomic mass is 9.99. The van der Waals surface area contributed by atoms with Gasteiger partial charge in [-0.15, -0.1) is 0 Å². The van der Waals surface area contributed by atoms with Crippen molar-refractivity contribution >= 4 is 17.7 Å². The molecule has 1 aliphatic heterocycles. The van der Waals surface area contributed by atoms with Gasteiger partial charge in [-0.25, -0.2) is 4.79 Å². The van der Waals surface area contributed by atoms with Gasteiger partial charge in [0, 0.05) is 19.2 Å². The van der Waals surface area contributed by atoms with Crippen LogP contribution in [0.3, 0.4) is 0 Å². The van der Waals surface area contributed by atoms with Crippen LogP contribution >= 0.6 is 0 Å². The highest BCUT2D eigenvalue weighted by molar-refractivity contribution is 5.77. The van der Waals surface area contributed by atoms with Crippen molar-refractivity contribution in [2.45, 2.75) is 45.4 Å². The van der Waals surface area contributed by atoms with Gasteiger partial charge in [0.1, 0.15) is 0 Å². The average molecular weight is 411 g/mol. The maximum atomic E-state index is 13.0. The van der Waals surface area contributed by atoms with Gasteiger partial charge in [-0.05, 0) is 31.4 Å². The standard InChI is InChI=1S/C22H25N3O5/c1-15(2)30-21(26)13-19(18-9-5-6-10-20(18)25(28)29)23-22(27)24-12-11-16-7-3-4-8-17(16)14-24/h3-10,15,19H,11-14H2,1-2H3,(H,23,27)/t19-/m1/s1. The van der Waals surface area contributed by atoms with Gasteiger partial charge < -0.3 is 15.0 Å². The van der Waals surface area contributed by atoms with Gasteiger partial charge >= 0.3 is 12.0 Å². The van der Waals surface area contributed by atoms with E-state index < -0.39 is 16.9 Å². The van der Waals surface area contributed by atoms with Crippen LogP contribution in [0.15, 0.2) is 48.5 Å². The van der Waals surface area contributed by atoms with E-state index >= 15 is 0 Å². The van der Waals surface area contributed by atoms with Crippen molar-refractivity contribution in [3.05, 3.63) is 75.3 Å². The number of benzene rings is 2. The molecule has 0 radical (unpaired) electrons. The number of urea groups is 1. The number of carbonyl (C=O) groups is 2. The predicted molar refractivity (Wildman–Crippen MR) is 111 cm³/mol. The highest BCUT2D eigenvalue weighted by Gasteiger charge is 2.29. The number of rotatable bonds is 6. The van der Waals surface area contributed by atoms with Gasteiger partial charge in [-0.1, -0.05) is 42.5 Å². The normalized spacial score (nSPS) is 14.0. The van der Waals surface area contributed by atoms with E-state index in [0.717, 1.165) is 12.0 Å². The summed E-state index contributed by atoms with van der Waals surface area (Å²) in [6.45, 7) is 4.42. The number of esters is 1. The molecule has 0 saturated heterocycles. The summed E-state index contributed by atoms with van der Waals surface area (Å²) >= 11 is 0. The molecule has 0 bridgehead atoms. The van der Waals surface area contributed by atoms with E-state index in [-0.39, 0.29) is 29.8 Å². The molecule has 0 unspecified atom stereocenters. The van der Waals surface area contributed by atoms with E-state index in [2.05, 4.69) is 5.32 Å². The number of amides is 2. The second-order valence-corrected chi connectivity index (χ2v) is 7.50. The van der Waals surface area contributed by atoms with Crippen LogP contribution in [-0.4, -0.2) is 34.5 Å². The van der Waals surface area contributed by atoms with Crippen molar-refractivity contribution in [3.63, 3.8) is 0 Å². The lowest BCUT2D eigenvalue weighted by Crippen LogP contribution is -2.44. The summed E-state index contributed by atoms with van der Waals surface area (Å²) in [5.74, 6) is -0.530. The smallest absolute Gasteiger partial charge is 0.318 e. The molecule has 2 aromatic rings. The zero-order valence-electron chi connectivity index (χ0n) is 17.0. The van der Waals surface area contributed by atoms with Crippen molar-refractivity contribution in [2.24, 2.45) is 0 Å². The van der Waals surface area contributed by atoms with Crippen LogP contribution in [0.5, 0.6) is 0 Å². The average Bonchev–Trinajstić information content (AvgIpc) is 2.72. The molecule has 0 aliphatic carbocycles. The van der Waals surface area contributed by atoms with Crippen molar-refractivity contribution in [2.75, 3.05) is 6.54 Å².